The largest absolute Gasteiger partial charge is 0.454 e. The van der Waals surface area contributed by atoms with Crippen molar-refractivity contribution in [3.8, 4) is 22.9 Å². The Balaban J connectivity index is 1.59. The highest BCUT2D eigenvalue weighted by atomic mass is 35.5. The molecule has 26 heavy (non-hydrogen) atoms. The van der Waals surface area contributed by atoms with Crippen LogP contribution < -0.4 is 9.47 Å². The predicted molar refractivity (Wildman–Crippen MR) is 101 cm³/mol. The van der Waals surface area contributed by atoms with Crippen LogP contribution in [0.2, 0.25) is 5.02 Å². The van der Waals surface area contributed by atoms with Crippen LogP contribution in [0.15, 0.2) is 54.5 Å². The second-order valence-corrected chi connectivity index (χ2v) is 6.88. The average molecular weight is 387 g/mol. The monoisotopic (exact) mass is 386 g/mol. The highest BCUT2D eigenvalue weighted by Crippen LogP contribution is 2.38. The second-order valence-electron chi connectivity index (χ2n) is 5.53. The van der Waals surface area contributed by atoms with Gasteiger partial charge in [-0.05, 0) is 23.8 Å². The Labute approximate surface area is 159 Å². The Morgan fingerprint density at radius 1 is 1.27 bits per heavy atom. The summed E-state index contributed by atoms with van der Waals surface area (Å²) in [7, 11) is 0. The molecule has 1 aliphatic heterocycles. The summed E-state index contributed by atoms with van der Waals surface area (Å²) in [6.07, 6.45) is 5.32. The van der Waals surface area contributed by atoms with Crippen LogP contribution in [-0.2, 0) is 12.3 Å². The lowest BCUT2D eigenvalue weighted by Crippen LogP contribution is -2.01. The quantitative estimate of drug-likeness (QED) is 0.467. The smallest absolute Gasteiger partial charge is 0.231 e. The molecule has 0 saturated heterocycles. The van der Waals surface area contributed by atoms with Crippen molar-refractivity contribution in [2.24, 2.45) is 0 Å². The number of hydrogen-bond acceptors (Lipinski definition) is 6. The number of rotatable bonds is 6. The van der Waals surface area contributed by atoms with Crippen LogP contribution in [0.4, 0.5) is 0 Å². The third kappa shape index (κ3) is 3.27. The summed E-state index contributed by atoms with van der Waals surface area (Å²) in [5.41, 5.74) is 1.87. The lowest BCUT2D eigenvalue weighted by molar-refractivity contribution is 0.174. The number of halogens is 1. The van der Waals surface area contributed by atoms with Crippen LogP contribution >= 0.6 is 23.4 Å². The van der Waals surface area contributed by atoms with Gasteiger partial charge >= 0.3 is 0 Å². The maximum atomic E-state index is 6.36. The molecule has 2 aromatic heterocycles. The number of nitrogens with zero attached hydrogens (tertiary/aromatic N) is 4. The van der Waals surface area contributed by atoms with E-state index in [9.17, 15) is 0 Å². The molecule has 0 N–H and O–H groups in total. The van der Waals surface area contributed by atoms with Gasteiger partial charge < -0.3 is 9.47 Å². The zero-order chi connectivity index (χ0) is 17.9. The van der Waals surface area contributed by atoms with Crippen LogP contribution in [0.3, 0.4) is 0 Å². The standard InChI is InChI=1S/C18H15ClN4O2S/c1-2-6-23-17(12-4-3-5-20-9-12)21-22-18(23)26-10-13-7-15-16(8-14(13)19)25-11-24-15/h2-5,7-9H,1,6,10-11H2. The first kappa shape index (κ1) is 16.9. The zero-order valence-corrected chi connectivity index (χ0v) is 15.3. The van der Waals surface area contributed by atoms with Gasteiger partial charge in [0, 0.05) is 41.3 Å². The number of ether oxygens (including phenoxy) is 2. The number of fused-ring (bicyclic) bond motifs is 1. The molecular formula is C18H15ClN4O2S. The van der Waals surface area contributed by atoms with Crippen LogP contribution in [0, 0.1) is 0 Å². The molecule has 0 bridgehead atoms. The van der Waals surface area contributed by atoms with Gasteiger partial charge in [0.25, 0.3) is 0 Å². The Hall–Kier alpha value is -2.51. The van der Waals surface area contributed by atoms with Crippen molar-refractivity contribution in [3.63, 3.8) is 0 Å². The molecule has 3 aromatic rings. The summed E-state index contributed by atoms with van der Waals surface area (Å²) < 4.78 is 12.8. The van der Waals surface area contributed by atoms with E-state index in [1.165, 1.54) is 0 Å². The number of allylic oxidation sites excluding steroid dienone is 1. The van der Waals surface area contributed by atoms with Crippen molar-refractivity contribution < 1.29 is 9.47 Å². The summed E-state index contributed by atoms with van der Waals surface area (Å²) in [5, 5.41) is 10.1. The molecule has 1 aliphatic rings. The fraction of sp³-hybridized carbons (Fsp3) is 0.167. The Bertz CT molecular complexity index is 946. The van der Waals surface area contributed by atoms with Gasteiger partial charge in [-0.2, -0.15) is 0 Å². The lowest BCUT2D eigenvalue weighted by atomic mass is 10.2. The second kappa shape index (κ2) is 7.39. The molecule has 0 fully saturated rings. The number of aromatic nitrogens is 4. The molecule has 1 aromatic carbocycles. The maximum Gasteiger partial charge on any atom is 0.231 e. The first-order chi connectivity index (χ1) is 12.8. The molecule has 6 nitrogen and oxygen atoms in total. The Kier molecular flexibility index (Phi) is 4.81. The number of benzene rings is 1. The van der Waals surface area contributed by atoms with Gasteiger partial charge in [-0.1, -0.05) is 29.4 Å². The summed E-state index contributed by atoms with van der Waals surface area (Å²) in [6.45, 7) is 4.66. The molecule has 8 heteroatoms. The van der Waals surface area contributed by atoms with Crippen LogP contribution in [0.5, 0.6) is 11.5 Å². The van der Waals surface area contributed by atoms with E-state index in [0.29, 0.717) is 28.8 Å². The predicted octanol–water partition coefficient (Wildman–Crippen LogP) is 4.20. The fourth-order valence-corrected chi connectivity index (χ4v) is 3.85. The molecule has 4 rings (SSSR count). The van der Waals surface area contributed by atoms with Crippen molar-refractivity contribution >= 4 is 23.4 Å². The van der Waals surface area contributed by atoms with Gasteiger partial charge in [0.1, 0.15) is 0 Å². The Morgan fingerprint density at radius 3 is 2.88 bits per heavy atom. The van der Waals surface area contributed by atoms with E-state index in [-0.39, 0.29) is 6.79 Å². The summed E-state index contributed by atoms with van der Waals surface area (Å²) >= 11 is 7.92. The number of thioether (sulfide) groups is 1. The zero-order valence-electron chi connectivity index (χ0n) is 13.8. The van der Waals surface area contributed by atoms with Gasteiger partial charge in [0.15, 0.2) is 22.5 Å². The van der Waals surface area contributed by atoms with Crippen molar-refractivity contribution in [2.45, 2.75) is 17.5 Å². The minimum atomic E-state index is 0.227. The molecular weight excluding hydrogens is 372 g/mol. The van der Waals surface area contributed by atoms with E-state index in [4.69, 9.17) is 21.1 Å². The van der Waals surface area contributed by atoms with Crippen molar-refractivity contribution in [2.75, 3.05) is 6.79 Å². The molecule has 0 aliphatic carbocycles. The summed E-state index contributed by atoms with van der Waals surface area (Å²) in [4.78, 5) is 4.15. The third-order valence-corrected chi connectivity index (χ3v) is 5.21. The first-order valence-corrected chi connectivity index (χ1v) is 9.28. The molecule has 0 amide bonds. The number of hydrogen-bond donors (Lipinski definition) is 0. The minimum absolute atomic E-state index is 0.227. The first-order valence-electron chi connectivity index (χ1n) is 7.91. The van der Waals surface area contributed by atoms with Gasteiger partial charge in [0.05, 0.1) is 0 Å². The van der Waals surface area contributed by atoms with Crippen LogP contribution in [-0.4, -0.2) is 26.5 Å². The molecule has 0 radical (unpaired) electrons. The number of pyridine rings is 1. The summed E-state index contributed by atoms with van der Waals surface area (Å²) in [6, 6.07) is 7.53. The van der Waals surface area contributed by atoms with E-state index in [0.717, 1.165) is 22.1 Å². The molecule has 0 saturated carbocycles. The van der Waals surface area contributed by atoms with Crippen molar-refractivity contribution in [1.29, 1.82) is 0 Å². The minimum Gasteiger partial charge on any atom is -0.454 e. The average Bonchev–Trinajstić information content (AvgIpc) is 3.27. The van der Waals surface area contributed by atoms with Gasteiger partial charge in [-0.15, -0.1) is 16.8 Å². The van der Waals surface area contributed by atoms with Gasteiger partial charge in [-0.3, -0.25) is 9.55 Å². The normalized spacial score (nSPS) is 12.3. The van der Waals surface area contributed by atoms with E-state index in [1.54, 1.807) is 30.2 Å². The fourth-order valence-electron chi connectivity index (χ4n) is 2.61. The highest BCUT2D eigenvalue weighted by molar-refractivity contribution is 7.98. The van der Waals surface area contributed by atoms with E-state index in [1.807, 2.05) is 28.8 Å². The molecule has 0 spiro atoms. The van der Waals surface area contributed by atoms with Gasteiger partial charge in [0.2, 0.25) is 6.79 Å². The SMILES string of the molecule is C=CCn1c(SCc2cc3c(cc2Cl)OCO3)nnc1-c1cccnc1. The maximum absolute atomic E-state index is 6.36. The molecule has 0 atom stereocenters. The van der Waals surface area contributed by atoms with Crippen molar-refractivity contribution in [3.05, 3.63) is 59.9 Å². The summed E-state index contributed by atoms with van der Waals surface area (Å²) in [5.74, 6) is 2.79. The van der Waals surface area contributed by atoms with Crippen molar-refractivity contribution in [1.82, 2.24) is 19.7 Å². The lowest BCUT2D eigenvalue weighted by Gasteiger charge is -2.09. The van der Waals surface area contributed by atoms with Crippen LogP contribution in [0.25, 0.3) is 11.4 Å². The molecule has 132 valence electrons. The molecule has 0 unspecified atom stereocenters. The topological polar surface area (TPSA) is 62.1 Å². The van der Waals surface area contributed by atoms with Crippen LogP contribution in [0.1, 0.15) is 5.56 Å². The van der Waals surface area contributed by atoms with E-state index in [2.05, 4.69) is 21.8 Å². The Morgan fingerprint density at radius 2 is 2.12 bits per heavy atom. The third-order valence-electron chi connectivity index (χ3n) is 3.85. The van der Waals surface area contributed by atoms with E-state index < -0.39 is 0 Å². The highest BCUT2D eigenvalue weighted by Gasteiger charge is 2.18. The molecule has 3 heterocycles. The van der Waals surface area contributed by atoms with Gasteiger partial charge in [-0.25, -0.2) is 0 Å². The van der Waals surface area contributed by atoms with E-state index >= 15 is 0 Å².